The highest BCUT2D eigenvalue weighted by molar-refractivity contribution is 5.85. The van der Waals surface area contributed by atoms with Crippen LogP contribution < -0.4 is 0 Å². The highest BCUT2D eigenvalue weighted by Crippen LogP contribution is 3.10. The third-order valence-corrected chi connectivity index (χ3v) is 26.2. The molecule has 60 heavy (non-hydrogen) atoms. The van der Waals surface area contributed by atoms with Gasteiger partial charge in [0.15, 0.2) is 11.2 Å². The first kappa shape index (κ1) is 27.0. The topological polar surface area (TPSA) is 133 Å². The average molecular weight is 795 g/mol. The molecule has 0 amide bonds. The van der Waals surface area contributed by atoms with Crippen molar-refractivity contribution >= 4 is 0 Å². The Bertz CT molecular complexity index is 3140. The van der Waals surface area contributed by atoms with E-state index < -0.39 is 84.5 Å². The lowest BCUT2D eigenvalue weighted by molar-refractivity contribution is -0.129. The van der Waals surface area contributed by atoms with Crippen molar-refractivity contribution < 1.29 is 47.7 Å². The molecule has 10 heteroatoms. The molecular weight excluding hydrogens is 761 g/mol. The molecule has 0 bridgehead atoms. The number of allylic oxidation sites excluding steroid dienone is 4. The third-order valence-electron chi connectivity index (χ3n) is 26.2. The summed E-state index contributed by atoms with van der Waals surface area (Å²) in [5.74, 6) is 1.26. The Morgan fingerprint density at radius 2 is 1.75 bits per heavy atom. The van der Waals surface area contributed by atoms with E-state index >= 15 is 0 Å². The summed E-state index contributed by atoms with van der Waals surface area (Å²) >= 11 is 0. The molecule has 9 heterocycles. The van der Waals surface area contributed by atoms with E-state index in [9.17, 15) is 5.11 Å². The minimum Gasteiger partial charge on any atom is -0.392 e. The second kappa shape index (κ2) is 5.85. The molecule has 17 aliphatic carbocycles. The van der Waals surface area contributed by atoms with Crippen molar-refractivity contribution in [1.29, 1.82) is 0 Å². The highest BCUT2D eigenvalue weighted by atomic mass is 16.8. The van der Waals surface area contributed by atoms with Crippen LogP contribution in [0.3, 0.4) is 0 Å². The Balaban J connectivity index is 0.932. The van der Waals surface area contributed by atoms with Crippen molar-refractivity contribution in [1.82, 2.24) is 0 Å². The van der Waals surface area contributed by atoms with E-state index in [0.29, 0.717) is 0 Å². The van der Waals surface area contributed by atoms with E-state index in [2.05, 4.69) is 60.8 Å². The van der Waals surface area contributed by atoms with Crippen LogP contribution in [0.4, 0.5) is 0 Å². The van der Waals surface area contributed by atoms with E-state index in [1.54, 1.807) is 0 Å². The van der Waals surface area contributed by atoms with Gasteiger partial charge in [0.1, 0.15) is 79.4 Å². The van der Waals surface area contributed by atoms with Crippen LogP contribution in [-0.4, -0.2) is 114 Å². The minimum absolute atomic E-state index is 0.00375. The van der Waals surface area contributed by atoms with Gasteiger partial charge in [0.2, 0.25) is 0 Å². The second-order valence-corrected chi connectivity index (χ2v) is 25.4. The molecule has 26 aliphatic rings. The van der Waals surface area contributed by atoms with Crippen molar-refractivity contribution in [2.45, 2.75) is 128 Å². The Labute approximate surface area is 340 Å². The summed E-state index contributed by atoms with van der Waals surface area (Å²) in [5, 5.41) is 12.4. The van der Waals surface area contributed by atoms with Crippen LogP contribution in [0.25, 0.3) is 0 Å². The van der Waals surface area contributed by atoms with E-state index in [4.69, 9.17) is 42.6 Å². The molecule has 31 atom stereocenters. The number of fused-ring (bicyclic) bond motifs is 2. The maximum atomic E-state index is 12.4. The van der Waals surface area contributed by atoms with Gasteiger partial charge >= 0.3 is 0 Å². The van der Waals surface area contributed by atoms with Crippen LogP contribution in [-0.2, 0) is 42.6 Å². The van der Waals surface area contributed by atoms with Crippen LogP contribution in [0.1, 0.15) is 19.3 Å². The molecule has 18 fully saturated rings. The Morgan fingerprint density at radius 3 is 2.73 bits per heavy atom. The minimum atomic E-state index is -0.782. The summed E-state index contributed by atoms with van der Waals surface area (Å²) in [5.41, 5.74) is 0.148. The monoisotopic (exact) mass is 794 g/mol. The summed E-state index contributed by atoms with van der Waals surface area (Å²) in [6.45, 7) is 0. The van der Waals surface area contributed by atoms with Crippen LogP contribution in [0.5, 0.6) is 0 Å². The van der Waals surface area contributed by atoms with Gasteiger partial charge in [-0.05, 0) is 70.6 Å². The van der Waals surface area contributed by atoms with Gasteiger partial charge in [-0.15, -0.1) is 0 Å². The summed E-state index contributed by atoms with van der Waals surface area (Å²) < 4.78 is 71.2. The van der Waals surface area contributed by atoms with Crippen molar-refractivity contribution in [3.05, 3.63) is 94.2 Å². The number of epoxide rings is 9. The fraction of sp³-hybridized carbons (Fsp3) is 0.680. The first-order chi connectivity index (χ1) is 29.3. The predicted octanol–water partition coefficient (Wildman–Crippen LogP) is 1.90. The second-order valence-electron chi connectivity index (χ2n) is 25.4. The van der Waals surface area contributed by atoms with Gasteiger partial charge in [-0.2, -0.15) is 0 Å². The molecule has 13 spiro atoms. The van der Waals surface area contributed by atoms with Gasteiger partial charge < -0.3 is 47.7 Å². The zero-order valence-electron chi connectivity index (χ0n) is 31.8. The van der Waals surface area contributed by atoms with Crippen molar-refractivity contribution in [2.24, 2.45) is 71.0 Å². The van der Waals surface area contributed by atoms with Crippen molar-refractivity contribution in [2.75, 3.05) is 0 Å². The molecule has 9 saturated carbocycles. The molecule has 294 valence electrons. The lowest BCUT2D eigenvalue weighted by Crippen LogP contribution is -2.89. The summed E-state index contributed by atoms with van der Waals surface area (Å²) in [6.07, 6.45) is 27.2. The zero-order valence-corrected chi connectivity index (χ0v) is 31.8. The van der Waals surface area contributed by atoms with Crippen LogP contribution in [0.15, 0.2) is 94.2 Å². The number of aliphatic hydroxyl groups excluding tert-OH is 1. The molecule has 10 nitrogen and oxygen atoms in total. The molecule has 0 radical (unpaired) electrons. The molecule has 9 aliphatic heterocycles. The summed E-state index contributed by atoms with van der Waals surface area (Å²) in [6, 6.07) is 0. The van der Waals surface area contributed by atoms with Crippen LogP contribution in [0.2, 0.25) is 0 Å². The van der Waals surface area contributed by atoms with Gasteiger partial charge in [0.05, 0.1) is 18.3 Å². The molecule has 31 unspecified atom stereocenters. The normalized spacial score (nSPS) is 86.5. The number of aliphatic hydroxyl groups is 1. The Kier molecular flexibility index (Phi) is 2.63. The third kappa shape index (κ3) is 1.46. The number of hydrogen-bond donors (Lipinski definition) is 1. The Morgan fingerprint density at radius 1 is 0.767 bits per heavy atom. The first-order valence-electron chi connectivity index (χ1n) is 23.9. The maximum Gasteiger partial charge on any atom is 0.170 e. The largest absolute Gasteiger partial charge is 0.392 e. The standard InChI is InChI=1S/C50H34O10/c51-21-11-15-10-17-5-6-38-23(54-38)13-39-35-32-31-30(41(17)47(35,38)56-41)24(15)25-18(21)3-4-20-29(25)44(31)49(59-44)45-28-19(33-36(52-33)42(20,45)57-45)2-1-14-9-16-12-22-37(53-22)7-8-40(39,55-39)48-34(37)27(16)43(26(14)28)50(49,58-43)46(32,48)60-48/h1-10,15,18,20-29,32-36,51H,11-13H2. The number of hydrogen-bond acceptors (Lipinski definition) is 10. The van der Waals surface area contributed by atoms with Crippen molar-refractivity contribution in [3.63, 3.8) is 0 Å². The van der Waals surface area contributed by atoms with E-state index in [0.717, 1.165) is 19.3 Å². The van der Waals surface area contributed by atoms with Gasteiger partial charge in [0, 0.05) is 59.7 Å². The van der Waals surface area contributed by atoms with Gasteiger partial charge in [-0.3, -0.25) is 0 Å². The molecular formula is C50H34O10. The lowest BCUT2D eigenvalue weighted by Gasteiger charge is -2.72. The average Bonchev–Trinajstić information content (AvgIpc) is 4.00. The first-order valence-corrected chi connectivity index (χ1v) is 23.9. The fourth-order valence-corrected chi connectivity index (χ4v) is 26.2. The lowest BCUT2D eigenvalue weighted by atomic mass is 9.23. The van der Waals surface area contributed by atoms with E-state index in [1.165, 1.54) is 33.4 Å². The summed E-state index contributed by atoms with van der Waals surface area (Å²) in [4.78, 5) is 0. The molecule has 9 saturated heterocycles. The smallest absolute Gasteiger partial charge is 0.170 e. The Hall–Kier alpha value is -2.48. The fourth-order valence-electron chi connectivity index (χ4n) is 26.2. The maximum absolute atomic E-state index is 12.4. The summed E-state index contributed by atoms with van der Waals surface area (Å²) in [7, 11) is 0. The molecule has 1 N–H and O–H groups in total. The highest BCUT2D eigenvalue weighted by Gasteiger charge is 3.28. The predicted molar refractivity (Wildman–Crippen MR) is 192 cm³/mol. The SMILES string of the molecule is OC1CC2C=C3C=CC45OC4CC46OC47C=CC48OC4CC4=CC9=CC=C%10C%11OC%11C%11%12OC%11%13C%10C9C9%10OC9%11C9(OC79C8C4%10)C4C7=C(C2C2C1C=CC%12C2C71OC1%13%11)C31OC15C46. The van der Waals surface area contributed by atoms with E-state index in [1.807, 2.05) is 0 Å². The van der Waals surface area contributed by atoms with Gasteiger partial charge in [-0.25, -0.2) is 0 Å². The zero-order chi connectivity index (χ0) is 36.8. The molecule has 26 rings (SSSR count). The quantitative estimate of drug-likeness (QED) is 0.287. The van der Waals surface area contributed by atoms with E-state index in [-0.39, 0.29) is 95.4 Å². The molecule has 0 aromatic heterocycles. The molecule has 0 aromatic carbocycles. The van der Waals surface area contributed by atoms with Gasteiger partial charge in [0.25, 0.3) is 0 Å². The number of ether oxygens (including phenoxy) is 9. The van der Waals surface area contributed by atoms with Gasteiger partial charge in [-0.1, -0.05) is 54.2 Å². The van der Waals surface area contributed by atoms with Crippen molar-refractivity contribution in [3.8, 4) is 0 Å². The van der Waals surface area contributed by atoms with Crippen LogP contribution in [0, 0.1) is 71.0 Å². The molecule has 0 aromatic rings. The number of rotatable bonds is 0. The van der Waals surface area contributed by atoms with Crippen LogP contribution >= 0.6 is 0 Å².